The van der Waals surface area contributed by atoms with Crippen LogP contribution in [0.3, 0.4) is 0 Å². The van der Waals surface area contributed by atoms with Crippen LogP contribution in [0.5, 0.6) is 5.75 Å². The quantitative estimate of drug-likeness (QED) is 0.565. The van der Waals surface area contributed by atoms with Gasteiger partial charge in [-0.3, -0.25) is 9.69 Å². The molecule has 25 heavy (non-hydrogen) atoms. The van der Waals surface area contributed by atoms with Crippen molar-refractivity contribution in [1.29, 1.82) is 0 Å². The number of carbonyl (C=O) groups is 1. The second-order valence-corrected chi connectivity index (χ2v) is 7.05. The number of halogens is 1. The lowest BCUT2D eigenvalue weighted by molar-refractivity contribution is -0.121. The minimum Gasteiger partial charge on any atom is -0.489 e. The van der Waals surface area contributed by atoms with Crippen LogP contribution in [0.1, 0.15) is 18.1 Å². The molecule has 1 heterocycles. The number of hydrogen-bond donors (Lipinski definition) is 0. The Balaban J connectivity index is 1.67. The summed E-state index contributed by atoms with van der Waals surface area (Å²) in [5, 5.41) is 0. The van der Waals surface area contributed by atoms with Gasteiger partial charge in [0.1, 0.15) is 22.5 Å². The Hall–Kier alpha value is -2.18. The Labute approximate surface area is 155 Å². The van der Waals surface area contributed by atoms with Crippen molar-refractivity contribution in [2.75, 3.05) is 6.54 Å². The highest BCUT2D eigenvalue weighted by molar-refractivity contribution is 8.26. The molecule has 1 fully saturated rings. The van der Waals surface area contributed by atoms with Crippen molar-refractivity contribution in [2.24, 2.45) is 0 Å². The van der Waals surface area contributed by atoms with E-state index in [0.717, 1.165) is 5.56 Å². The number of thiocarbonyl (C=S) groups is 1. The van der Waals surface area contributed by atoms with E-state index in [1.165, 1.54) is 17.8 Å². The Kier molecular flexibility index (Phi) is 5.50. The van der Waals surface area contributed by atoms with Crippen LogP contribution in [0.15, 0.2) is 53.4 Å². The Morgan fingerprint density at radius 2 is 1.92 bits per heavy atom. The third-order valence-electron chi connectivity index (χ3n) is 3.72. The number of benzene rings is 2. The predicted octanol–water partition coefficient (Wildman–Crippen LogP) is 4.63. The van der Waals surface area contributed by atoms with Crippen molar-refractivity contribution in [1.82, 2.24) is 4.90 Å². The highest BCUT2D eigenvalue weighted by atomic mass is 32.2. The first kappa shape index (κ1) is 17.6. The first-order valence-corrected chi connectivity index (χ1v) is 9.02. The molecule has 0 spiro atoms. The van der Waals surface area contributed by atoms with Gasteiger partial charge in [0, 0.05) is 12.1 Å². The minimum absolute atomic E-state index is 0.0580. The largest absolute Gasteiger partial charge is 0.489 e. The van der Waals surface area contributed by atoms with Crippen molar-refractivity contribution in [3.8, 4) is 5.75 Å². The summed E-state index contributed by atoms with van der Waals surface area (Å²) in [6, 6.07) is 13.8. The normalized spacial score (nSPS) is 15.9. The molecule has 0 unspecified atom stereocenters. The van der Waals surface area contributed by atoms with Crippen molar-refractivity contribution < 1.29 is 13.9 Å². The van der Waals surface area contributed by atoms with Gasteiger partial charge in [0.05, 0.1) is 4.91 Å². The van der Waals surface area contributed by atoms with E-state index in [1.807, 2.05) is 25.1 Å². The van der Waals surface area contributed by atoms with Crippen LogP contribution in [0.2, 0.25) is 0 Å². The molecule has 2 aromatic rings. The zero-order chi connectivity index (χ0) is 17.8. The second-order valence-electron chi connectivity index (χ2n) is 5.38. The van der Waals surface area contributed by atoms with Crippen LogP contribution in [-0.2, 0) is 11.4 Å². The maximum atomic E-state index is 13.6. The molecule has 0 aliphatic carbocycles. The summed E-state index contributed by atoms with van der Waals surface area (Å²) in [7, 11) is 0. The second kappa shape index (κ2) is 7.80. The maximum absolute atomic E-state index is 13.6. The average Bonchev–Trinajstić information content (AvgIpc) is 2.88. The fourth-order valence-electron chi connectivity index (χ4n) is 2.36. The van der Waals surface area contributed by atoms with Crippen LogP contribution in [0.4, 0.5) is 4.39 Å². The fourth-order valence-corrected chi connectivity index (χ4v) is 3.75. The third kappa shape index (κ3) is 4.08. The molecule has 128 valence electrons. The first-order valence-electron chi connectivity index (χ1n) is 7.80. The zero-order valence-corrected chi connectivity index (χ0v) is 15.2. The van der Waals surface area contributed by atoms with E-state index in [9.17, 15) is 9.18 Å². The molecule has 3 nitrogen and oxygen atoms in total. The number of amides is 1. The van der Waals surface area contributed by atoms with Gasteiger partial charge >= 0.3 is 0 Å². The number of carbonyl (C=O) groups excluding carboxylic acids is 1. The highest BCUT2D eigenvalue weighted by Crippen LogP contribution is 2.32. The fraction of sp³-hybridized carbons (Fsp3) is 0.158. The van der Waals surface area contributed by atoms with Gasteiger partial charge in [0.2, 0.25) is 0 Å². The molecule has 1 saturated heterocycles. The lowest BCUT2D eigenvalue weighted by Gasteiger charge is -2.09. The SMILES string of the molecule is CCN1C(=O)C(=Cc2ccc(OCc3ccccc3F)cc2)SC1=S. The summed E-state index contributed by atoms with van der Waals surface area (Å²) >= 11 is 6.51. The van der Waals surface area contributed by atoms with Crippen LogP contribution in [0.25, 0.3) is 6.08 Å². The molecule has 0 bridgehead atoms. The average molecular weight is 373 g/mol. The van der Waals surface area contributed by atoms with Gasteiger partial charge in [0.15, 0.2) is 0 Å². The van der Waals surface area contributed by atoms with Crippen molar-refractivity contribution >= 4 is 40.3 Å². The summed E-state index contributed by atoms with van der Waals surface area (Å²) in [4.78, 5) is 14.4. The lowest BCUT2D eigenvalue weighted by atomic mass is 10.2. The summed E-state index contributed by atoms with van der Waals surface area (Å²) < 4.78 is 19.8. The summed E-state index contributed by atoms with van der Waals surface area (Å²) in [6.07, 6.45) is 1.82. The molecule has 1 amide bonds. The summed E-state index contributed by atoms with van der Waals surface area (Å²) in [5.74, 6) is 0.302. The smallest absolute Gasteiger partial charge is 0.266 e. The van der Waals surface area contributed by atoms with Gasteiger partial charge in [-0.05, 0) is 36.8 Å². The number of ether oxygens (including phenoxy) is 1. The molecule has 0 N–H and O–H groups in total. The van der Waals surface area contributed by atoms with E-state index in [0.29, 0.717) is 27.1 Å². The molecule has 3 rings (SSSR count). The van der Waals surface area contributed by atoms with Crippen molar-refractivity contribution in [3.63, 3.8) is 0 Å². The predicted molar refractivity (Wildman–Crippen MR) is 103 cm³/mol. The Morgan fingerprint density at radius 3 is 2.56 bits per heavy atom. The van der Waals surface area contributed by atoms with Gasteiger partial charge in [-0.2, -0.15) is 0 Å². The summed E-state index contributed by atoms with van der Waals surface area (Å²) in [5.41, 5.74) is 1.39. The van der Waals surface area contributed by atoms with Crippen molar-refractivity contribution in [2.45, 2.75) is 13.5 Å². The molecule has 2 aromatic carbocycles. The molecule has 1 aliphatic heterocycles. The van der Waals surface area contributed by atoms with Gasteiger partial charge in [0.25, 0.3) is 5.91 Å². The van der Waals surface area contributed by atoms with E-state index in [4.69, 9.17) is 17.0 Å². The molecule has 0 radical (unpaired) electrons. The molecule has 0 atom stereocenters. The van der Waals surface area contributed by atoms with Gasteiger partial charge in [-0.1, -0.05) is 54.3 Å². The van der Waals surface area contributed by atoms with Gasteiger partial charge in [-0.15, -0.1) is 0 Å². The van der Waals surface area contributed by atoms with Crippen LogP contribution in [-0.4, -0.2) is 21.7 Å². The van der Waals surface area contributed by atoms with E-state index >= 15 is 0 Å². The van der Waals surface area contributed by atoms with Crippen molar-refractivity contribution in [3.05, 3.63) is 70.4 Å². The monoisotopic (exact) mass is 373 g/mol. The number of hydrogen-bond acceptors (Lipinski definition) is 4. The minimum atomic E-state index is -0.280. The standard InChI is InChI=1S/C19H16FNO2S2/c1-2-21-18(22)17(25-19(21)24)11-13-7-9-15(10-8-13)23-12-14-5-3-4-6-16(14)20/h3-11H,2,12H2,1H3. The Bertz CT molecular complexity index is 834. The first-order chi connectivity index (χ1) is 12.1. The van der Waals surface area contributed by atoms with E-state index in [1.54, 1.807) is 35.2 Å². The number of nitrogens with zero attached hydrogens (tertiary/aromatic N) is 1. The zero-order valence-electron chi connectivity index (χ0n) is 13.6. The third-order valence-corrected chi connectivity index (χ3v) is 5.10. The van der Waals surface area contributed by atoms with E-state index in [2.05, 4.69) is 0 Å². The van der Waals surface area contributed by atoms with Gasteiger partial charge < -0.3 is 4.74 Å². The maximum Gasteiger partial charge on any atom is 0.266 e. The Morgan fingerprint density at radius 1 is 1.20 bits per heavy atom. The molecular weight excluding hydrogens is 357 g/mol. The molecule has 0 saturated carbocycles. The van der Waals surface area contributed by atoms with E-state index in [-0.39, 0.29) is 18.3 Å². The molecule has 6 heteroatoms. The number of rotatable bonds is 5. The summed E-state index contributed by atoms with van der Waals surface area (Å²) in [6.45, 7) is 2.64. The lowest BCUT2D eigenvalue weighted by Crippen LogP contribution is -2.27. The molecular formula is C19H16FNO2S2. The van der Waals surface area contributed by atoms with Crippen LogP contribution in [0, 0.1) is 5.82 Å². The van der Waals surface area contributed by atoms with Crippen LogP contribution < -0.4 is 4.74 Å². The van der Waals surface area contributed by atoms with E-state index < -0.39 is 0 Å². The molecule has 0 aromatic heterocycles. The van der Waals surface area contributed by atoms with Crippen LogP contribution >= 0.6 is 24.0 Å². The number of likely N-dealkylation sites (N-methyl/N-ethyl adjacent to an activating group) is 1. The number of thioether (sulfide) groups is 1. The van der Waals surface area contributed by atoms with Gasteiger partial charge in [-0.25, -0.2) is 4.39 Å². The highest BCUT2D eigenvalue weighted by Gasteiger charge is 2.30. The molecule has 1 aliphatic rings. The topological polar surface area (TPSA) is 29.5 Å².